The molecule has 1 saturated heterocycles. The summed E-state index contributed by atoms with van der Waals surface area (Å²) < 4.78 is 0. The molecule has 0 aliphatic carbocycles. The highest BCUT2D eigenvalue weighted by molar-refractivity contribution is 6.32. The van der Waals surface area contributed by atoms with Crippen molar-refractivity contribution >= 4 is 47.0 Å². The van der Waals surface area contributed by atoms with Crippen LogP contribution >= 0.6 is 11.6 Å². The average molecular weight is 402 g/mol. The van der Waals surface area contributed by atoms with E-state index in [1.54, 1.807) is 24.3 Å². The van der Waals surface area contributed by atoms with E-state index in [0.717, 1.165) is 25.2 Å². The van der Waals surface area contributed by atoms with Crippen LogP contribution in [0.15, 0.2) is 24.3 Å². The molecule has 28 heavy (non-hydrogen) atoms. The SMILES string of the molecule is Nc1nc(N)nc(Nc2ccc(/C=C/C(=O)CCN3CCCCC3)c(Cl)c2)n1. The number of anilines is 4. The molecule has 9 heteroatoms. The van der Waals surface area contributed by atoms with Gasteiger partial charge in [-0.05, 0) is 55.8 Å². The molecular formula is C19H24ClN7O. The zero-order valence-corrected chi connectivity index (χ0v) is 16.3. The molecule has 5 N–H and O–H groups in total. The van der Waals surface area contributed by atoms with Crippen molar-refractivity contribution in [2.45, 2.75) is 25.7 Å². The van der Waals surface area contributed by atoms with Crippen LogP contribution < -0.4 is 16.8 Å². The number of piperidine rings is 1. The standard InChI is InChI=1S/C19H24ClN7O/c20-16-12-14(23-19-25-17(21)24-18(22)26-19)6-4-13(16)5-7-15(28)8-11-27-9-2-1-3-10-27/h4-7,12H,1-3,8-11H2,(H5,21,22,23,24,25,26)/b7-5+. The number of likely N-dealkylation sites (tertiary alicyclic amines) is 1. The third-order valence-electron chi connectivity index (χ3n) is 4.50. The van der Waals surface area contributed by atoms with Gasteiger partial charge in [-0.15, -0.1) is 0 Å². The number of hydrogen-bond donors (Lipinski definition) is 3. The third-order valence-corrected chi connectivity index (χ3v) is 4.83. The summed E-state index contributed by atoms with van der Waals surface area (Å²) in [7, 11) is 0. The van der Waals surface area contributed by atoms with Crippen LogP contribution in [0.25, 0.3) is 6.08 Å². The van der Waals surface area contributed by atoms with Crippen molar-refractivity contribution in [1.29, 1.82) is 0 Å². The van der Waals surface area contributed by atoms with Gasteiger partial charge in [-0.1, -0.05) is 24.1 Å². The average Bonchev–Trinajstić information content (AvgIpc) is 2.66. The van der Waals surface area contributed by atoms with Crippen LogP contribution in [0.1, 0.15) is 31.2 Å². The van der Waals surface area contributed by atoms with Gasteiger partial charge in [0, 0.05) is 23.7 Å². The van der Waals surface area contributed by atoms with Gasteiger partial charge in [-0.2, -0.15) is 15.0 Å². The number of nitrogens with one attached hydrogen (secondary N) is 1. The van der Waals surface area contributed by atoms with Crippen molar-refractivity contribution in [3.8, 4) is 0 Å². The number of carbonyl (C=O) groups excluding carboxylic acids is 1. The Labute approximate surface area is 169 Å². The van der Waals surface area contributed by atoms with Gasteiger partial charge in [0.1, 0.15) is 0 Å². The van der Waals surface area contributed by atoms with Crippen LogP contribution in [0.4, 0.5) is 23.5 Å². The first-order valence-corrected chi connectivity index (χ1v) is 9.64. The predicted octanol–water partition coefficient (Wildman–Crippen LogP) is 2.89. The summed E-state index contributed by atoms with van der Waals surface area (Å²) in [5.74, 6) is 0.393. The second kappa shape index (κ2) is 9.48. The number of rotatable bonds is 7. The van der Waals surface area contributed by atoms with Crippen molar-refractivity contribution in [2.75, 3.05) is 36.4 Å². The van der Waals surface area contributed by atoms with Gasteiger partial charge < -0.3 is 21.7 Å². The molecule has 0 unspecified atom stereocenters. The summed E-state index contributed by atoms with van der Waals surface area (Å²) in [6.07, 6.45) is 7.60. The monoisotopic (exact) mass is 401 g/mol. The molecule has 1 aromatic carbocycles. The van der Waals surface area contributed by atoms with Crippen molar-refractivity contribution in [2.24, 2.45) is 0 Å². The van der Waals surface area contributed by atoms with Crippen LogP contribution in [-0.4, -0.2) is 45.3 Å². The maximum absolute atomic E-state index is 12.1. The fraction of sp³-hybridized carbons (Fsp3) is 0.368. The fourth-order valence-electron chi connectivity index (χ4n) is 3.05. The summed E-state index contributed by atoms with van der Waals surface area (Å²) in [4.78, 5) is 26.1. The van der Waals surface area contributed by atoms with Gasteiger partial charge in [0.25, 0.3) is 0 Å². The van der Waals surface area contributed by atoms with E-state index in [1.165, 1.54) is 19.3 Å². The number of nitrogens with two attached hydrogens (primary N) is 2. The molecule has 2 aromatic rings. The van der Waals surface area contributed by atoms with Gasteiger partial charge in [-0.25, -0.2) is 0 Å². The lowest BCUT2D eigenvalue weighted by Crippen LogP contribution is -2.31. The number of aromatic nitrogens is 3. The lowest BCUT2D eigenvalue weighted by Gasteiger charge is -2.25. The van der Waals surface area contributed by atoms with E-state index in [1.807, 2.05) is 6.07 Å². The lowest BCUT2D eigenvalue weighted by atomic mass is 10.1. The predicted molar refractivity (Wildman–Crippen MR) is 112 cm³/mol. The summed E-state index contributed by atoms with van der Waals surface area (Å²) in [6, 6.07) is 5.34. The first-order valence-electron chi connectivity index (χ1n) is 9.26. The molecule has 1 fully saturated rings. The van der Waals surface area contributed by atoms with E-state index < -0.39 is 0 Å². The maximum Gasteiger partial charge on any atom is 0.233 e. The lowest BCUT2D eigenvalue weighted by molar-refractivity contribution is -0.114. The Morgan fingerprint density at radius 1 is 1.14 bits per heavy atom. The molecule has 8 nitrogen and oxygen atoms in total. The maximum atomic E-state index is 12.1. The van der Waals surface area contributed by atoms with Crippen molar-refractivity contribution < 1.29 is 4.79 Å². The summed E-state index contributed by atoms with van der Waals surface area (Å²) in [5.41, 5.74) is 12.5. The van der Waals surface area contributed by atoms with Gasteiger partial charge in [0.15, 0.2) is 5.78 Å². The molecule has 2 heterocycles. The minimum absolute atomic E-state index is 0.0312. The molecular weight excluding hydrogens is 378 g/mol. The third kappa shape index (κ3) is 5.90. The highest BCUT2D eigenvalue weighted by atomic mass is 35.5. The summed E-state index contributed by atoms with van der Waals surface area (Å²) >= 11 is 6.33. The van der Waals surface area contributed by atoms with Gasteiger partial charge >= 0.3 is 0 Å². The van der Waals surface area contributed by atoms with Crippen molar-refractivity contribution in [3.05, 3.63) is 34.9 Å². The van der Waals surface area contributed by atoms with Crippen LogP contribution in [0.2, 0.25) is 5.02 Å². The van der Waals surface area contributed by atoms with Crippen molar-refractivity contribution in [1.82, 2.24) is 19.9 Å². The molecule has 148 valence electrons. The van der Waals surface area contributed by atoms with Crippen LogP contribution in [0.5, 0.6) is 0 Å². The highest BCUT2D eigenvalue weighted by Gasteiger charge is 2.11. The number of ketones is 1. The van der Waals surface area contributed by atoms with Crippen LogP contribution in [0, 0.1) is 0 Å². The first-order chi connectivity index (χ1) is 13.5. The second-order valence-electron chi connectivity index (χ2n) is 6.69. The molecule has 0 radical (unpaired) electrons. The largest absolute Gasteiger partial charge is 0.368 e. The molecule has 0 atom stereocenters. The molecule has 3 rings (SSSR count). The van der Waals surface area contributed by atoms with Gasteiger partial charge in [0.2, 0.25) is 17.8 Å². The van der Waals surface area contributed by atoms with Crippen molar-refractivity contribution in [3.63, 3.8) is 0 Å². The Bertz CT molecular complexity index is 845. The van der Waals surface area contributed by atoms with Crippen LogP contribution in [0.3, 0.4) is 0 Å². The highest BCUT2D eigenvalue weighted by Crippen LogP contribution is 2.24. The van der Waals surface area contributed by atoms with E-state index in [9.17, 15) is 4.79 Å². The number of halogens is 1. The zero-order valence-electron chi connectivity index (χ0n) is 15.6. The quantitative estimate of drug-likeness (QED) is 0.605. The molecule has 1 aliphatic rings. The Morgan fingerprint density at radius 3 is 2.54 bits per heavy atom. The smallest absolute Gasteiger partial charge is 0.233 e. The Balaban J connectivity index is 1.57. The fourth-order valence-corrected chi connectivity index (χ4v) is 3.30. The summed E-state index contributed by atoms with van der Waals surface area (Å²) in [5, 5.41) is 3.47. The van der Waals surface area contributed by atoms with E-state index in [-0.39, 0.29) is 23.6 Å². The Hall–Kier alpha value is -2.71. The molecule has 1 aromatic heterocycles. The summed E-state index contributed by atoms with van der Waals surface area (Å²) in [6.45, 7) is 3.00. The minimum atomic E-state index is 0.0312. The second-order valence-corrected chi connectivity index (χ2v) is 7.10. The Morgan fingerprint density at radius 2 is 1.86 bits per heavy atom. The minimum Gasteiger partial charge on any atom is -0.368 e. The van der Waals surface area contributed by atoms with Gasteiger partial charge in [-0.3, -0.25) is 4.79 Å². The van der Waals surface area contributed by atoms with Crippen LogP contribution in [-0.2, 0) is 4.79 Å². The molecule has 1 aliphatic heterocycles. The van der Waals surface area contributed by atoms with E-state index in [2.05, 4.69) is 25.2 Å². The molecule has 0 spiro atoms. The van der Waals surface area contributed by atoms with E-state index >= 15 is 0 Å². The number of nitrogens with zero attached hydrogens (tertiary/aromatic N) is 4. The molecule has 0 amide bonds. The topological polar surface area (TPSA) is 123 Å². The van der Waals surface area contributed by atoms with E-state index in [0.29, 0.717) is 17.1 Å². The number of benzene rings is 1. The first kappa shape index (κ1) is 20.0. The Kier molecular flexibility index (Phi) is 6.78. The zero-order chi connectivity index (χ0) is 19.9. The number of nitrogen functional groups attached to an aromatic ring is 2. The number of allylic oxidation sites excluding steroid dienone is 1. The van der Waals surface area contributed by atoms with Gasteiger partial charge in [0.05, 0.1) is 0 Å². The molecule has 0 saturated carbocycles. The number of hydrogen-bond acceptors (Lipinski definition) is 8. The normalized spacial score (nSPS) is 15.0. The van der Waals surface area contributed by atoms with E-state index in [4.69, 9.17) is 23.1 Å². The number of carbonyl (C=O) groups is 1. The molecule has 0 bridgehead atoms.